The van der Waals surface area contributed by atoms with Crippen LogP contribution in [0.25, 0.3) is 0 Å². The minimum absolute atomic E-state index is 0.0318. The van der Waals surface area contributed by atoms with Crippen molar-refractivity contribution in [2.24, 2.45) is 0 Å². The van der Waals surface area contributed by atoms with E-state index in [0.29, 0.717) is 12.1 Å². The van der Waals surface area contributed by atoms with Gasteiger partial charge in [0.25, 0.3) is 5.91 Å². The van der Waals surface area contributed by atoms with E-state index in [1.54, 1.807) is 20.3 Å². The molecule has 1 atom stereocenters. The van der Waals surface area contributed by atoms with Gasteiger partial charge in [-0.05, 0) is 49.6 Å². The van der Waals surface area contributed by atoms with E-state index in [2.05, 4.69) is 5.32 Å². The van der Waals surface area contributed by atoms with Crippen LogP contribution in [0.2, 0.25) is 0 Å². The molecule has 0 spiro atoms. The van der Waals surface area contributed by atoms with E-state index in [-0.39, 0.29) is 24.4 Å². The molecule has 0 saturated carbocycles. The standard InChI is InChI=1S/C22H26N2O4/c1-15-7-4-5-8-17(15)22(26)23-14-21(25)24-12-6-9-19(24)18-13-16(27-2)10-11-20(18)28-3/h4-5,7-8,10-11,13,19H,6,9,12,14H2,1-3H3,(H,23,26). The SMILES string of the molecule is COc1ccc(OC)c(C2CCCN2C(=O)CNC(=O)c2ccccc2C)c1. The van der Waals surface area contributed by atoms with Crippen LogP contribution < -0.4 is 14.8 Å². The largest absolute Gasteiger partial charge is 0.497 e. The Balaban J connectivity index is 1.72. The third-order valence-corrected chi connectivity index (χ3v) is 5.16. The number of nitrogens with one attached hydrogen (secondary N) is 1. The highest BCUT2D eigenvalue weighted by Gasteiger charge is 2.32. The molecule has 148 valence electrons. The van der Waals surface area contributed by atoms with E-state index in [9.17, 15) is 9.59 Å². The number of hydrogen-bond acceptors (Lipinski definition) is 4. The molecule has 6 nitrogen and oxygen atoms in total. The molecule has 0 aromatic heterocycles. The van der Waals surface area contributed by atoms with Gasteiger partial charge >= 0.3 is 0 Å². The molecule has 0 bridgehead atoms. The van der Waals surface area contributed by atoms with Gasteiger partial charge in [0.05, 0.1) is 26.8 Å². The maximum atomic E-state index is 12.8. The van der Waals surface area contributed by atoms with Crippen LogP contribution in [-0.2, 0) is 4.79 Å². The maximum absolute atomic E-state index is 12.8. The van der Waals surface area contributed by atoms with Crippen molar-refractivity contribution in [3.05, 3.63) is 59.2 Å². The summed E-state index contributed by atoms with van der Waals surface area (Å²) in [4.78, 5) is 27.1. The van der Waals surface area contributed by atoms with Crippen molar-refractivity contribution in [2.75, 3.05) is 27.3 Å². The molecule has 1 fully saturated rings. The summed E-state index contributed by atoms with van der Waals surface area (Å²) in [5, 5.41) is 2.75. The molecule has 1 heterocycles. The predicted octanol–water partition coefficient (Wildman–Crippen LogP) is 3.11. The van der Waals surface area contributed by atoms with Crippen LogP contribution in [0.4, 0.5) is 0 Å². The van der Waals surface area contributed by atoms with E-state index in [1.807, 2.05) is 48.2 Å². The van der Waals surface area contributed by atoms with Gasteiger partial charge in [0.15, 0.2) is 0 Å². The molecule has 1 aliphatic heterocycles. The molecule has 0 radical (unpaired) electrons. The summed E-state index contributed by atoms with van der Waals surface area (Å²) in [5.41, 5.74) is 2.40. The summed E-state index contributed by atoms with van der Waals surface area (Å²) >= 11 is 0. The Kier molecular flexibility index (Phi) is 6.19. The van der Waals surface area contributed by atoms with Crippen LogP contribution in [0.1, 0.15) is 40.4 Å². The number of likely N-dealkylation sites (tertiary alicyclic amines) is 1. The summed E-state index contributed by atoms with van der Waals surface area (Å²) in [7, 11) is 3.24. The normalized spacial score (nSPS) is 16.0. The van der Waals surface area contributed by atoms with E-state index in [4.69, 9.17) is 9.47 Å². The second-order valence-electron chi connectivity index (χ2n) is 6.85. The van der Waals surface area contributed by atoms with Crippen LogP contribution >= 0.6 is 0 Å². The van der Waals surface area contributed by atoms with Gasteiger partial charge < -0.3 is 19.7 Å². The molecule has 0 aliphatic carbocycles. The molecule has 1 unspecified atom stereocenters. The van der Waals surface area contributed by atoms with E-state index < -0.39 is 0 Å². The Hall–Kier alpha value is -3.02. The molecule has 6 heteroatoms. The van der Waals surface area contributed by atoms with E-state index >= 15 is 0 Å². The zero-order valence-electron chi connectivity index (χ0n) is 16.5. The van der Waals surface area contributed by atoms with E-state index in [1.165, 1.54) is 0 Å². The molecule has 3 rings (SSSR count). The zero-order valence-corrected chi connectivity index (χ0v) is 16.5. The number of aryl methyl sites for hydroxylation is 1. The van der Waals surface area contributed by atoms with Gasteiger partial charge in [0.2, 0.25) is 5.91 Å². The molecular weight excluding hydrogens is 356 g/mol. The highest BCUT2D eigenvalue weighted by atomic mass is 16.5. The molecule has 2 amide bonds. The first-order valence-corrected chi connectivity index (χ1v) is 9.40. The number of nitrogens with zero attached hydrogens (tertiary/aromatic N) is 1. The van der Waals surface area contributed by atoms with Crippen LogP contribution in [0.3, 0.4) is 0 Å². The van der Waals surface area contributed by atoms with Gasteiger partial charge in [0.1, 0.15) is 11.5 Å². The highest BCUT2D eigenvalue weighted by Crippen LogP contribution is 2.38. The average molecular weight is 382 g/mol. The Morgan fingerprint density at radius 1 is 1.14 bits per heavy atom. The van der Waals surface area contributed by atoms with Gasteiger partial charge in [0, 0.05) is 17.7 Å². The first kappa shape index (κ1) is 19.7. The maximum Gasteiger partial charge on any atom is 0.251 e. The van der Waals surface area contributed by atoms with Crippen molar-refractivity contribution in [3.8, 4) is 11.5 Å². The van der Waals surface area contributed by atoms with Gasteiger partial charge in [-0.2, -0.15) is 0 Å². The molecule has 1 aliphatic rings. The molecule has 28 heavy (non-hydrogen) atoms. The van der Waals surface area contributed by atoms with Gasteiger partial charge in [-0.25, -0.2) is 0 Å². The first-order valence-electron chi connectivity index (χ1n) is 9.40. The fraction of sp³-hybridized carbons (Fsp3) is 0.364. The molecule has 1 saturated heterocycles. The van der Waals surface area contributed by atoms with Crippen molar-refractivity contribution < 1.29 is 19.1 Å². The van der Waals surface area contributed by atoms with Crippen LogP contribution in [0.15, 0.2) is 42.5 Å². The van der Waals surface area contributed by atoms with Crippen LogP contribution in [0.5, 0.6) is 11.5 Å². The smallest absolute Gasteiger partial charge is 0.251 e. The lowest BCUT2D eigenvalue weighted by Gasteiger charge is -2.27. The quantitative estimate of drug-likeness (QED) is 0.834. The Morgan fingerprint density at radius 2 is 1.93 bits per heavy atom. The Morgan fingerprint density at radius 3 is 2.64 bits per heavy atom. The number of hydrogen-bond donors (Lipinski definition) is 1. The lowest BCUT2D eigenvalue weighted by Crippen LogP contribution is -2.40. The Labute approximate surface area is 165 Å². The molecule has 2 aromatic rings. The fourth-order valence-electron chi connectivity index (χ4n) is 3.67. The van der Waals surface area contributed by atoms with Crippen molar-refractivity contribution in [1.29, 1.82) is 0 Å². The minimum Gasteiger partial charge on any atom is -0.497 e. The molecule has 2 aromatic carbocycles. The summed E-state index contributed by atoms with van der Waals surface area (Å²) in [6.45, 7) is 2.50. The molecule has 1 N–H and O–H groups in total. The topological polar surface area (TPSA) is 67.9 Å². The van der Waals surface area contributed by atoms with Gasteiger partial charge in [-0.1, -0.05) is 18.2 Å². The van der Waals surface area contributed by atoms with Crippen molar-refractivity contribution in [2.45, 2.75) is 25.8 Å². The van der Waals surface area contributed by atoms with E-state index in [0.717, 1.165) is 35.5 Å². The number of carbonyl (C=O) groups is 2. The average Bonchev–Trinajstić information content (AvgIpc) is 3.21. The summed E-state index contributed by atoms with van der Waals surface area (Å²) in [6, 6.07) is 12.9. The number of benzene rings is 2. The number of carbonyl (C=O) groups excluding carboxylic acids is 2. The third kappa shape index (κ3) is 4.11. The van der Waals surface area contributed by atoms with Crippen molar-refractivity contribution in [1.82, 2.24) is 10.2 Å². The number of amides is 2. The molecular formula is C22H26N2O4. The Bertz CT molecular complexity index is 865. The van der Waals surface area contributed by atoms with Crippen LogP contribution in [-0.4, -0.2) is 44.0 Å². The van der Waals surface area contributed by atoms with Crippen molar-refractivity contribution >= 4 is 11.8 Å². The summed E-state index contributed by atoms with van der Waals surface area (Å²) in [6.07, 6.45) is 1.75. The summed E-state index contributed by atoms with van der Waals surface area (Å²) < 4.78 is 10.8. The third-order valence-electron chi connectivity index (χ3n) is 5.16. The second-order valence-corrected chi connectivity index (χ2v) is 6.85. The second kappa shape index (κ2) is 8.78. The van der Waals surface area contributed by atoms with Crippen molar-refractivity contribution in [3.63, 3.8) is 0 Å². The predicted molar refractivity (Wildman–Crippen MR) is 107 cm³/mol. The first-order chi connectivity index (χ1) is 13.5. The van der Waals surface area contributed by atoms with Gasteiger partial charge in [-0.15, -0.1) is 0 Å². The number of methoxy groups -OCH3 is 2. The number of ether oxygens (including phenoxy) is 2. The van der Waals surface area contributed by atoms with Gasteiger partial charge in [-0.3, -0.25) is 9.59 Å². The zero-order chi connectivity index (χ0) is 20.1. The van der Waals surface area contributed by atoms with Crippen LogP contribution in [0, 0.1) is 6.92 Å². The minimum atomic E-state index is -0.235. The highest BCUT2D eigenvalue weighted by molar-refractivity contribution is 5.97. The monoisotopic (exact) mass is 382 g/mol. The lowest BCUT2D eigenvalue weighted by atomic mass is 10.0. The fourth-order valence-corrected chi connectivity index (χ4v) is 3.67. The lowest BCUT2D eigenvalue weighted by molar-refractivity contribution is -0.131. The summed E-state index contributed by atoms with van der Waals surface area (Å²) in [5.74, 6) is 1.12. The number of rotatable bonds is 6.